The van der Waals surface area contributed by atoms with Crippen LogP contribution in [0.4, 0.5) is 5.13 Å². The second-order valence-corrected chi connectivity index (χ2v) is 5.87. The van der Waals surface area contributed by atoms with E-state index in [-0.39, 0.29) is 6.04 Å². The van der Waals surface area contributed by atoms with E-state index in [1.807, 2.05) is 0 Å². The van der Waals surface area contributed by atoms with Crippen LogP contribution in [0.1, 0.15) is 36.3 Å². The van der Waals surface area contributed by atoms with Crippen molar-refractivity contribution in [3.63, 3.8) is 0 Å². The first-order valence-electron chi connectivity index (χ1n) is 7.20. The lowest BCUT2D eigenvalue weighted by Gasteiger charge is -2.36. The molecule has 0 saturated carbocycles. The predicted molar refractivity (Wildman–Crippen MR) is 83.2 cm³/mol. The molecule has 0 bridgehead atoms. The maximum absolute atomic E-state index is 6.03. The molecule has 2 N–H and O–H groups in total. The van der Waals surface area contributed by atoms with Crippen LogP contribution >= 0.6 is 11.5 Å². The third kappa shape index (κ3) is 2.43. The van der Waals surface area contributed by atoms with Crippen molar-refractivity contribution in [3.05, 3.63) is 41.2 Å². The lowest BCUT2D eigenvalue weighted by molar-refractivity contribution is 0.588. The molecule has 1 aliphatic heterocycles. The quantitative estimate of drug-likeness (QED) is 0.939. The highest BCUT2D eigenvalue weighted by Crippen LogP contribution is 2.33. The number of aromatic nitrogens is 2. The summed E-state index contributed by atoms with van der Waals surface area (Å²) in [7, 11) is 0. The van der Waals surface area contributed by atoms with Gasteiger partial charge in [-0.25, -0.2) is 4.98 Å². The van der Waals surface area contributed by atoms with Crippen LogP contribution in [0, 0.1) is 0 Å². The number of aryl methyl sites for hydroxylation is 1. The molecule has 0 aliphatic carbocycles. The van der Waals surface area contributed by atoms with Crippen molar-refractivity contribution in [2.24, 2.45) is 5.73 Å². The molecule has 0 saturated heterocycles. The van der Waals surface area contributed by atoms with Crippen molar-refractivity contribution in [2.75, 3.05) is 18.0 Å². The van der Waals surface area contributed by atoms with Crippen molar-refractivity contribution in [1.29, 1.82) is 0 Å². The average molecular weight is 288 g/mol. The van der Waals surface area contributed by atoms with Crippen LogP contribution in [0.2, 0.25) is 0 Å². The highest BCUT2D eigenvalue weighted by atomic mass is 32.1. The Hall–Kier alpha value is -1.46. The fourth-order valence-electron chi connectivity index (χ4n) is 2.82. The standard InChI is InChI=1S/C15H20N4S/c1-2-5-14-17-15(20-18-14)19-9-8-11-6-3-4-7-12(11)13(19)10-16/h3-4,6-7,13H,2,5,8-10,16H2,1H3. The first-order valence-corrected chi connectivity index (χ1v) is 7.98. The van der Waals surface area contributed by atoms with Crippen molar-refractivity contribution in [3.8, 4) is 0 Å². The maximum atomic E-state index is 6.03. The van der Waals surface area contributed by atoms with Gasteiger partial charge in [-0.05, 0) is 24.0 Å². The molecule has 2 aromatic rings. The van der Waals surface area contributed by atoms with Gasteiger partial charge in [-0.15, -0.1) is 0 Å². The lowest BCUT2D eigenvalue weighted by Crippen LogP contribution is -2.39. The van der Waals surface area contributed by atoms with Crippen molar-refractivity contribution in [1.82, 2.24) is 9.36 Å². The summed E-state index contributed by atoms with van der Waals surface area (Å²) >= 11 is 1.50. The molecule has 1 unspecified atom stereocenters. The number of hydrogen-bond acceptors (Lipinski definition) is 5. The maximum Gasteiger partial charge on any atom is 0.205 e. The summed E-state index contributed by atoms with van der Waals surface area (Å²) in [6.45, 7) is 3.74. The molecule has 0 spiro atoms. The van der Waals surface area contributed by atoms with Crippen LogP contribution in [0.5, 0.6) is 0 Å². The van der Waals surface area contributed by atoms with E-state index in [9.17, 15) is 0 Å². The summed E-state index contributed by atoms with van der Waals surface area (Å²) in [6, 6.07) is 8.81. The number of hydrogen-bond donors (Lipinski definition) is 1. The summed E-state index contributed by atoms with van der Waals surface area (Å²) in [5, 5.41) is 1.01. The normalized spacial score (nSPS) is 18.1. The zero-order chi connectivity index (χ0) is 13.9. The minimum atomic E-state index is 0.224. The Balaban J connectivity index is 1.90. The van der Waals surface area contributed by atoms with Gasteiger partial charge in [-0.1, -0.05) is 31.2 Å². The molecular weight excluding hydrogens is 268 g/mol. The summed E-state index contributed by atoms with van der Waals surface area (Å²) in [4.78, 5) is 6.99. The molecule has 1 aromatic carbocycles. The largest absolute Gasteiger partial charge is 0.338 e. The Kier molecular flexibility index (Phi) is 3.98. The van der Waals surface area contributed by atoms with E-state index in [0.717, 1.165) is 36.8 Å². The molecule has 2 heterocycles. The Morgan fingerprint density at radius 3 is 3.05 bits per heavy atom. The highest BCUT2D eigenvalue weighted by Gasteiger charge is 2.28. The van der Waals surface area contributed by atoms with Crippen LogP contribution in [-0.4, -0.2) is 22.4 Å². The van der Waals surface area contributed by atoms with Crippen LogP contribution in [0.25, 0.3) is 0 Å². The van der Waals surface area contributed by atoms with Gasteiger partial charge >= 0.3 is 0 Å². The minimum Gasteiger partial charge on any atom is -0.338 e. The first kappa shape index (κ1) is 13.5. The van der Waals surface area contributed by atoms with Gasteiger partial charge in [0, 0.05) is 31.0 Å². The van der Waals surface area contributed by atoms with Crippen LogP contribution < -0.4 is 10.6 Å². The zero-order valence-electron chi connectivity index (χ0n) is 11.7. The number of nitrogens with zero attached hydrogens (tertiary/aromatic N) is 3. The van der Waals surface area contributed by atoms with Crippen molar-refractivity contribution >= 4 is 16.7 Å². The van der Waals surface area contributed by atoms with Gasteiger partial charge in [0.1, 0.15) is 5.82 Å². The summed E-state index contributed by atoms with van der Waals surface area (Å²) in [5.41, 5.74) is 8.78. The fraction of sp³-hybridized carbons (Fsp3) is 0.467. The Morgan fingerprint density at radius 2 is 2.25 bits per heavy atom. The summed E-state index contributed by atoms with van der Waals surface area (Å²) in [5.74, 6) is 0.960. The van der Waals surface area contributed by atoms with Gasteiger partial charge in [-0.3, -0.25) is 0 Å². The van der Waals surface area contributed by atoms with Crippen LogP contribution in [-0.2, 0) is 12.8 Å². The van der Waals surface area contributed by atoms with E-state index in [1.165, 1.54) is 22.7 Å². The molecule has 0 fully saturated rings. The molecule has 4 nitrogen and oxygen atoms in total. The topological polar surface area (TPSA) is 55.0 Å². The monoisotopic (exact) mass is 288 g/mol. The second-order valence-electron chi connectivity index (χ2n) is 5.14. The Labute approximate surface area is 123 Å². The first-order chi connectivity index (χ1) is 9.83. The Morgan fingerprint density at radius 1 is 1.40 bits per heavy atom. The zero-order valence-corrected chi connectivity index (χ0v) is 12.6. The fourth-order valence-corrected chi connectivity index (χ4v) is 3.61. The van der Waals surface area contributed by atoms with Gasteiger partial charge in [0.15, 0.2) is 0 Å². The number of rotatable bonds is 4. The van der Waals surface area contributed by atoms with Crippen molar-refractivity contribution in [2.45, 2.75) is 32.2 Å². The van der Waals surface area contributed by atoms with Crippen molar-refractivity contribution < 1.29 is 0 Å². The molecule has 20 heavy (non-hydrogen) atoms. The van der Waals surface area contributed by atoms with Gasteiger partial charge < -0.3 is 10.6 Å². The number of nitrogens with two attached hydrogens (primary N) is 1. The molecule has 0 amide bonds. The van der Waals surface area contributed by atoms with Crippen LogP contribution in [0.3, 0.4) is 0 Å². The van der Waals surface area contributed by atoms with Gasteiger partial charge in [0.05, 0.1) is 6.04 Å². The van der Waals surface area contributed by atoms with E-state index >= 15 is 0 Å². The molecule has 0 radical (unpaired) electrons. The van der Waals surface area contributed by atoms with E-state index in [1.54, 1.807) is 0 Å². The number of anilines is 1. The van der Waals surface area contributed by atoms with Crippen LogP contribution in [0.15, 0.2) is 24.3 Å². The van der Waals surface area contributed by atoms with Gasteiger partial charge in [0.2, 0.25) is 5.13 Å². The Bertz CT molecular complexity index is 581. The molecule has 5 heteroatoms. The minimum absolute atomic E-state index is 0.224. The smallest absolute Gasteiger partial charge is 0.205 e. The number of benzene rings is 1. The number of fused-ring (bicyclic) bond motifs is 1. The SMILES string of the molecule is CCCc1nsc(N2CCc3ccccc3C2CN)n1. The summed E-state index contributed by atoms with van der Waals surface area (Å²) < 4.78 is 4.45. The molecular formula is C15H20N4S. The second kappa shape index (κ2) is 5.89. The lowest BCUT2D eigenvalue weighted by atomic mass is 9.93. The highest BCUT2D eigenvalue weighted by molar-refractivity contribution is 7.09. The average Bonchev–Trinajstić information content (AvgIpc) is 2.95. The van der Waals surface area contributed by atoms with E-state index in [2.05, 4.69) is 45.4 Å². The molecule has 1 aromatic heterocycles. The van der Waals surface area contributed by atoms with Gasteiger partial charge in [-0.2, -0.15) is 4.37 Å². The third-order valence-electron chi connectivity index (χ3n) is 3.81. The van der Waals surface area contributed by atoms with E-state index < -0.39 is 0 Å². The molecule has 3 rings (SSSR count). The third-order valence-corrected chi connectivity index (χ3v) is 4.60. The molecule has 1 aliphatic rings. The predicted octanol–water partition coefficient (Wildman–Crippen LogP) is 2.55. The molecule has 1 atom stereocenters. The van der Waals surface area contributed by atoms with E-state index in [4.69, 9.17) is 5.73 Å². The summed E-state index contributed by atoms with van der Waals surface area (Å²) in [6.07, 6.45) is 3.09. The van der Waals surface area contributed by atoms with Gasteiger partial charge in [0.25, 0.3) is 0 Å². The molecule has 106 valence electrons. The van der Waals surface area contributed by atoms with E-state index in [0.29, 0.717) is 6.54 Å².